The van der Waals surface area contributed by atoms with E-state index in [1.807, 2.05) is 26.1 Å². The van der Waals surface area contributed by atoms with Gasteiger partial charge >= 0.3 is 6.01 Å². The lowest BCUT2D eigenvalue weighted by Crippen LogP contribution is -2.08. The van der Waals surface area contributed by atoms with Gasteiger partial charge in [0, 0.05) is 24.0 Å². The van der Waals surface area contributed by atoms with Crippen molar-refractivity contribution in [3.63, 3.8) is 0 Å². The van der Waals surface area contributed by atoms with Crippen molar-refractivity contribution in [3.05, 3.63) is 47.3 Å². The van der Waals surface area contributed by atoms with Crippen LogP contribution in [-0.2, 0) is 13.0 Å². The Kier molecular flexibility index (Phi) is 4.47. The lowest BCUT2D eigenvalue weighted by atomic mass is 10.2. The number of rotatable bonds is 5. The molecule has 100 valence electrons. The minimum atomic E-state index is 0.390. The quantitative estimate of drug-likeness (QED) is 0.894. The summed E-state index contributed by atoms with van der Waals surface area (Å²) in [6.07, 6.45) is 2.82. The molecule has 0 amide bonds. The monoisotopic (exact) mass is 257 g/mol. The van der Waals surface area contributed by atoms with E-state index in [1.54, 1.807) is 6.20 Å². The molecule has 0 aliphatic rings. The molecular weight excluding hydrogens is 238 g/mol. The van der Waals surface area contributed by atoms with Gasteiger partial charge in [0.2, 0.25) is 0 Å². The van der Waals surface area contributed by atoms with Gasteiger partial charge in [-0.05, 0) is 38.1 Å². The number of ether oxygens (including phenoxy) is 1. The van der Waals surface area contributed by atoms with Crippen LogP contribution in [0.2, 0.25) is 0 Å². The van der Waals surface area contributed by atoms with E-state index >= 15 is 0 Å². The molecule has 1 aromatic heterocycles. The van der Waals surface area contributed by atoms with Crippen molar-refractivity contribution >= 4 is 0 Å². The minimum Gasteiger partial charge on any atom is -0.424 e. The minimum absolute atomic E-state index is 0.390. The van der Waals surface area contributed by atoms with Crippen LogP contribution in [0.25, 0.3) is 0 Å². The van der Waals surface area contributed by atoms with Gasteiger partial charge in [-0.2, -0.15) is 4.98 Å². The second kappa shape index (κ2) is 6.29. The smallest absolute Gasteiger partial charge is 0.322 e. The van der Waals surface area contributed by atoms with Gasteiger partial charge in [0.25, 0.3) is 0 Å². The van der Waals surface area contributed by atoms with Crippen LogP contribution >= 0.6 is 0 Å². The third-order valence-electron chi connectivity index (χ3n) is 2.97. The molecule has 1 N–H and O–H groups in total. The number of aromatic nitrogens is 2. The standard InChI is InChI=1S/C15H19N3O/c1-4-12-5-7-14(8-6-12)19-15-17-10-13(9-16-3)11(2)18-15/h5-8,10,16H,4,9H2,1-3H3. The molecule has 4 nitrogen and oxygen atoms in total. The van der Waals surface area contributed by atoms with Crippen LogP contribution < -0.4 is 10.1 Å². The second-order valence-corrected chi connectivity index (χ2v) is 4.39. The number of aryl methyl sites for hydroxylation is 2. The summed E-state index contributed by atoms with van der Waals surface area (Å²) in [5, 5.41) is 3.09. The van der Waals surface area contributed by atoms with E-state index in [1.165, 1.54) is 5.56 Å². The van der Waals surface area contributed by atoms with E-state index in [4.69, 9.17) is 4.74 Å². The Bertz CT molecular complexity index is 538. The van der Waals surface area contributed by atoms with Crippen molar-refractivity contribution < 1.29 is 4.74 Å². The summed E-state index contributed by atoms with van der Waals surface area (Å²) in [6, 6.07) is 8.38. The highest BCUT2D eigenvalue weighted by molar-refractivity contribution is 5.29. The Morgan fingerprint density at radius 1 is 1.21 bits per heavy atom. The third kappa shape index (κ3) is 3.51. The van der Waals surface area contributed by atoms with Gasteiger partial charge in [-0.25, -0.2) is 4.98 Å². The molecule has 0 aliphatic carbocycles. The van der Waals surface area contributed by atoms with Crippen molar-refractivity contribution in [1.82, 2.24) is 15.3 Å². The summed E-state index contributed by atoms with van der Waals surface area (Å²) >= 11 is 0. The highest BCUT2D eigenvalue weighted by atomic mass is 16.5. The average molecular weight is 257 g/mol. The largest absolute Gasteiger partial charge is 0.424 e. The first-order valence-electron chi connectivity index (χ1n) is 6.47. The summed E-state index contributed by atoms with van der Waals surface area (Å²) in [5.41, 5.74) is 3.30. The Morgan fingerprint density at radius 2 is 1.95 bits per heavy atom. The molecular formula is C15H19N3O. The molecule has 0 spiro atoms. The van der Waals surface area contributed by atoms with E-state index in [9.17, 15) is 0 Å². The fourth-order valence-corrected chi connectivity index (χ4v) is 1.78. The lowest BCUT2D eigenvalue weighted by molar-refractivity contribution is 0.439. The molecule has 0 aliphatic heterocycles. The van der Waals surface area contributed by atoms with Crippen LogP contribution in [0, 0.1) is 6.92 Å². The molecule has 0 atom stereocenters. The van der Waals surface area contributed by atoms with Gasteiger partial charge in [-0.1, -0.05) is 19.1 Å². The van der Waals surface area contributed by atoms with Gasteiger partial charge < -0.3 is 10.1 Å². The summed E-state index contributed by atoms with van der Waals surface area (Å²) in [7, 11) is 1.90. The predicted octanol–water partition coefficient (Wildman–Crippen LogP) is 2.86. The summed E-state index contributed by atoms with van der Waals surface area (Å²) in [5.74, 6) is 0.762. The number of benzene rings is 1. The lowest BCUT2D eigenvalue weighted by Gasteiger charge is -2.07. The first kappa shape index (κ1) is 13.5. The van der Waals surface area contributed by atoms with E-state index in [-0.39, 0.29) is 0 Å². The number of nitrogens with one attached hydrogen (secondary N) is 1. The van der Waals surface area contributed by atoms with Gasteiger partial charge in [0.15, 0.2) is 0 Å². The molecule has 19 heavy (non-hydrogen) atoms. The van der Waals surface area contributed by atoms with Crippen LogP contribution in [0.4, 0.5) is 0 Å². The molecule has 2 aromatic rings. The van der Waals surface area contributed by atoms with Crippen LogP contribution in [0.5, 0.6) is 11.8 Å². The van der Waals surface area contributed by atoms with E-state index in [0.29, 0.717) is 6.01 Å². The maximum absolute atomic E-state index is 5.65. The highest BCUT2D eigenvalue weighted by Crippen LogP contribution is 2.19. The molecule has 4 heteroatoms. The van der Waals surface area contributed by atoms with Crippen molar-refractivity contribution in [1.29, 1.82) is 0 Å². The summed E-state index contributed by atoms with van der Waals surface area (Å²) in [4.78, 5) is 8.58. The van der Waals surface area contributed by atoms with Crippen molar-refractivity contribution in [3.8, 4) is 11.8 Å². The van der Waals surface area contributed by atoms with Crippen LogP contribution in [0.1, 0.15) is 23.7 Å². The first-order valence-corrected chi connectivity index (χ1v) is 6.47. The number of nitrogens with zero attached hydrogens (tertiary/aromatic N) is 2. The topological polar surface area (TPSA) is 47.0 Å². The van der Waals surface area contributed by atoms with Gasteiger partial charge in [-0.15, -0.1) is 0 Å². The Balaban J connectivity index is 2.11. The molecule has 0 radical (unpaired) electrons. The SMILES string of the molecule is CCc1ccc(Oc2ncc(CNC)c(C)n2)cc1. The van der Waals surface area contributed by atoms with Crippen molar-refractivity contribution in [2.24, 2.45) is 0 Å². The molecule has 0 saturated heterocycles. The van der Waals surface area contributed by atoms with Crippen LogP contribution in [0.15, 0.2) is 30.5 Å². The molecule has 0 saturated carbocycles. The van der Waals surface area contributed by atoms with Crippen molar-refractivity contribution in [2.75, 3.05) is 7.05 Å². The summed E-state index contributed by atoms with van der Waals surface area (Å²) in [6.45, 7) is 4.85. The maximum Gasteiger partial charge on any atom is 0.322 e. The van der Waals surface area contributed by atoms with E-state index in [0.717, 1.165) is 30.0 Å². The van der Waals surface area contributed by atoms with Crippen LogP contribution in [-0.4, -0.2) is 17.0 Å². The van der Waals surface area contributed by atoms with Crippen molar-refractivity contribution in [2.45, 2.75) is 26.8 Å². The van der Waals surface area contributed by atoms with Gasteiger partial charge in [0.1, 0.15) is 5.75 Å². The normalized spacial score (nSPS) is 10.5. The third-order valence-corrected chi connectivity index (χ3v) is 2.97. The molecule has 0 fully saturated rings. The van der Waals surface area contributed by atoms with E-state index in [2.05, 4.69) is 34.3 Å². The molecule has 1 heterocycles. The zero-order valence-electron chi connectivity index (χ0n) is 11.6. The first-order chi connectivity index (χ1) is 9.22. The molecule has 0 bridgehead atoms. The van der Waals surface area contributed by atoms with Gasteiger partial charge in [-0.3, -0.25) is 0 Å². The fourth-order valence-electron chi connectivity index (χ4n) is 1.78. The zero-order valence-corrected chi connectivity index (χ0v) is 11.6. The fraction of sp³-hybridized carbons (Fsp3) is 0.333. The Hall–Kier alpha value is -1.94. The number of hydrogen-bond donors (Lipinski definition) is 1. The predicted molar refractivity (Wildman–Crippen MR) is 75.4 cm³/mol. The second-order valence-electron chi connectivity index (χ2n) is 4.39. The molecule has 2 rings (SSSR count). The number of hydrogen-bond acceptors (Lipinski definition) is 4. The van der Waals surface area contributed by atoms with E-state index < -0.39 is 0 Å². The Labute approximate surface area is 113 Å². The zero-order chi connectivity index (χ0) is 13.7. The van der Waals surface area contributed by atoms with Crippen LogP contribution in [0.3, 0.4) is 0 Å². The average Bonchev–Trinajstić information content (AvgIpc) is 2.43. The Morgan fingerprint density at radius 3 is 2.53 bits per heavy atom. The maximum atomic E-state index is 5.65. The highest BCUT2D eigenvalue weighted by Gasteiger charge is 2.04. The summed E-state index contributed by atoms with van der Waals surface area (Å²) < 4.78 is 5.65. The molecule has 1 aromatic carbocycles. The van der Waals surface area contributed by atoms with Gasteiger partial charge in [0.05, 0.1) is 0 Å². The molecule has 0 unspecified atom stereocenters.